The lowest BCUT2D eigenvalue weighted by atomic mass is 10.0. The highest BCUT2D eigenvalue weighted by Crippen LogP contribution is 2.30. The first-order valence-corrected chi connectivity index (χ1v) is 7.38. The molecule has 2 rings (SSSR count). The summed E-state index contributed by atoms with van der Waals surface area (Å²) in [6, 6.07) is 7.29. The van der Waals surface area contributed by atoms with E-state index in [1.165, 1.54) is 33.3 Å². The molecule has 0 bridgehead atoms. The Kier molecular flexibility index (Phi) is 5.44. The largest absolute Gasteiger partial charge is 0.507 e. The Morgan fingerprint density at radius 2 is 1.56 bits per heavy atom. The Hall–Kier alpha value is -3.28. The molecule has 2 N–H and O–H groups in total. The van der Waals surface area contributed by atoms with E-state index in [9.17, 15) is 19.8 Å². The van der Waals surface area contributed by atoms with Gasteiger partial charge in [0, 0.05) is 6.07 Å². The molecule has 0 aliphatic carbocycles. The van der Waals surface area contributed by atoms with E-state index in [1.807, 2.05) is 0 Å². The molecule has 0 heterocycles. The van der Waals surface area contributed by atoms with Gasteiger partial charge in [-0.1, -0.05) is 12.1 Å². The number of phenols is 2. The van der Waals surface area contributed by atoms with Gasteiger partial charge in [0.15, 0.2) is 23.1 Å². The zero-order chi connectivity index (χ0) is 18.6. The van der Waals surface area contributed by atoms with E-state index in [1.54, 1.807) is 24.3 Å². The number of rotatable bonds is 6. The molecule has 130 valence electrons. The van der Waals surface area contributed by atoms with Gasteiger partial charge in [0.2, 0.25) is 0 Å². The van der Waals surface area contributed by atoms with Crippen LogP contribution >= 0.6 is 0 Å². The van der Waals surface area contributed by atoms with Crippen molar-refractivity contribution in [1.29, 1.82) is 0 Å². The summed E-state index contributed by atoms with van der Waals surface area (Å²) in [7, 11) is 3.03. The molecule has 0 atom stereocenters. The zero-order valence-corrected chi connectivity index (χ0v) is 14.1. The van der Waals surface area contributed by atoms with Gasteiger partial charge in [0.05, 0.1) is 25.3 Å². The number of benzene rings is 2. The summed E-state index contributed by atoms with van der Waals surface area (Å²) in [5, 5.41) is 19.5. The van der Waals surface area contributed by atoms with Crippen molar-refractivity contribution in [1.82, 2.24) is 0 Å². The van der Waals surface area contributed by atoms with Gasteiger partial charge >= 0.3 is 0 Å². The van der Waals surface area contributed by atoms with Crippen LogP contribution in [0.25, 0.3) is 6.08 Å². The number of carbonyl (C=O) groups is 2. The highest BCUT2D eigenvalue weighted by Gasteiger charge is 2.15. The van der Waals surface area contributed by atoms with E-state index in [0.29, 0.717) is 17.1 Å². The van der Waals surface area contributed by atoms with Crippen molar-refractivity contribution in [3.05, 3.63) is 53.1 Å². The Bertz CT molecular complexity index is 851. The maximum atomic E-state index is 12.3. The summed E-state index contributed by atoms with van der Waals surface area (Å²) < 4.78 is 10.3. The van der Waals surface area contributed by atoms with Crippen LogP contribution in [0, 0.1) is 0 Å². The van der Waals surface area contributed by atoms with Gasteiger partial charge in [-0.25, -0.2) is 0 Å². The number of hydrogen-bond acceptors (Lipinski definition) is 6. The number of ketones is 2. The number of methoxy groups -OCH3 is 2. The van der Waals surface area contributed by atoms with Gasteiger partial charge in [0.25, 0.3) is 0 Å². The molecule has 0 radical (unpaired) electrons. The number of allylic oxidation sites excluding steroid dienone is 1. The van der Waals surface area contributed by atoms with Crippen LogP contribution < -0.4 is 9.47 Å². The third-order valence-electron chi connectivity index (χ3n) is 3.59. The van der Waals surface area contributed by atoms with E-state index in [4.69, 9.17) is 9.47 Å². The van der Waals surface area contributed by atoms with Crippen LogP contribution in [0.3, 0.4) is 0 Å². The van der Waals surface area contributed by atoms with Crippen molar-refractivity contribution in [2.75, 3.05) is 14.2 Å². The van der Waals surface area contributed by atoms with Gasteiger partial charge in [0.1, 0.15) is 11.5 Å². The molecule has 0 aliphatic rings. The van der Waals surface area contributed by atoms with E-state index < -0.39 is 17.3 Å². The quantitative estimate of drug-likeness (QED) is 0.618. The van der Waals surface area contributed by atoms with Crippen LogP contribution in [0.15, 0.2) is 36.4 Å². The highest BCUT2D eigenvalue weighted by molar-refractivity contribution is 6.10. The molecule has 2 aromatic rings. The minimum atomic E-state index is -0.505. The second kappa shape index (κ2) is 7.53. The van der Waals surface area contributed by atoms with Gasteiger partial charge in [-0.15, -0.1) is 0 Å². The van der Waals surface area contributed by atoms with Crippen molar-refractivity contribution in [3.8, 4) is 23.0 Å². The molecule has 0 saturated heterocycles. The molecular weight excluding hydrogens is 324 g/mol. The molecule has 25 heavy (non-hydrogen) atoms. The second-order valence-corrected chi connectivity index (χ2v) is 5.25. The first-order valence-electron chi connectivity index (χ1n) is 7.38. The van der Waals surface area contributed by atoms with E-state index in [0.717, 1.165) is 6.07 Å². The van der Waals surface area contributed by atoms with Crippen molar-refractivity contribution in [3.63, 3.8) is 0 Å². The normalized spacial score (nSPS) is 10.7. The smallest absolute Gasteiger partial charge is 0.189 e. The minimum absolute atomic E-state index is 0.0272. The average Bonchev–Trinajstić information content (AvgIpc) is 2.59. The Morgan fingerprint density at radius 3 is 2.16 bits per heavy atom. The molecule has 0 saturated carbocycles. The summed E-state index contributed by atoms with van der Waals surface area (Å²) in [6.45, 7) is 1.26. The average molecular weight is 342 g/mol. The van der Waals surface area contributed by atoms with Crippen molar-refractivity contribution in [2.24, 2.45) is 0 Å². The molecule has 0 aromatic heterocycles. The lowest BCUT2D eigenvalue weighted by Gasteiger charge is -2.08. The maximum Gasteiger partial charge on any atom is 0.189 e. The lowest BCUT2D eigenvalue weighted by Crippen LogP contribution is -2.00. The third-order valence-corrected chi connectivity index (χ3v) is 3.59. The molecule has 0 spiro atoms. The fraction of sp³-hybridized carbons (Fsp3) is 0.158. The highest BCUT2D eigenvalue weighted by atomic mass is 16.5. The number of ether oxygens (including phenoxy) is 2. The van der Waals surface area contributed by atoms with Gasteiger partial charge in [-0.2, -0.15) is 0 Å². The van der Waals surface area contributed by atoms with Crippen LogP contribution in [-0.4, -0.2) is 36.0 Å². The summed E-state index contributed by atoms with van der Waals surface area (Å²) in [6.07, 6.45) is 2.81. The molecular formula is C19H18O6. The van der Waals surface area contributed by atoms with Gasteiger partial charge < -0.3 is 19.7 Å². The van der Waals surface area contributed by atoms with E-state index in [2.05, 4.69) is 0 Å². The fourth-order valence-corrected chi connectivity index (χ4v) is 2.27. The van der Waals surface area contributed by atoms with Crippen molar-refractivity contribution < 1.29 is 29.3 Å². The molecule has 2 aromatic carbocycles. The number of Topliss-reactive ketones (excluding diaryl/α,β-unsaturated/α-hetero) is 1. The Morgan fingerprint density at radius 1 is 0.920 bits per heavy atom. The topological polar surface area (TPSA) is 93.1 Å². The van der Waals surface area contributed by atoms with Crippen molar-refractivity contribution in [2.45, 2.75) is 6.92 Å². The van der Waals surface area contributed by atoms with Gasteiger partial charge in [-0.3, -0.25) is 9.59 Å². The van der Waals surface area contributed by atoms with Crippen LogP contribution in [-0.2, 0) is 0 Å². The number of aromatic hydroxyl groups is 2. The number of carbonyl (C=O) groups excluding carboxylic acids is 2. The summed E-state index contributed by atoms with van der Waals surface area (Å²) in [4.78, 5) is 23.8. The lowest BCUT2D eigenvalue weighted by molar-refractivity contribution is 0.101. The summed E-state index contributed by atoms with van der Waals surface area (Å²) in [5.74, 6) is -0.600. The van der Waals surface area contributed by atoms with Crippen LogP contribution in [0.1, 0.15) is 33.2 Å². The first kappa shape index (κ1) is 18.1. The predicted octanol–water partition coefficient (Wildman–Crippen LogP) is 3.21. The molecule has 0 amide bonds. The van der Waals surface area contributed by atoms with E-state index >= 15 is 0 Å². The molecule has 0 unspecified atom stereocenters. The Labute approximate surface area is 144 Å². The third kappa shape index (κ3) is 3.98. The molecule has 0 fully saturated rings. The maximum absolute atomic E-state index is 12.3. The number of phenolic OH excluding ortho intramolecular Hbond substituents is 2. The molecule has 0 aliphatic heterocycles. The van der Waals surface area contributed by atoms with E-state index in [-0.39, 0.29) is 16.9 Å². The SMILES string of the molecule is COc1ccc(/C=C/C(=O)c2cc(C(C)=O)c(O)cc2O)cc1OC. The van der Waals surface area contributed by atoms with Gasteiger partial charge in [-0.05, 0) is 36.8 Å². The monoisotopic (exact) mass is 342 g/mol. The van der Waals surface area contributed by atoms with Crippen LogP contribution in [0.5, 0.6) is 23.0 Å². The minimum Gasteiger partial charge on any atom is -0.507 e. The molecule has 6 nitrogen and oxygen atoms in total. The zero-order valence-electron chi connectivity index (χ0n) is 14.1. The summed E-state index contributed by atoms with van der Waals surface area (Å²) in [5.41, 5.74) is 0.594. The summed E-state index contributed by atoms with van der Waals surface area (Å²) >= 11 is 0. The van der Waals surface area contributed by atoms with Crippen molar-refractivity contribution >= 4 is 17.6 Å². The standard InChI is InChI=1S/C19H18O6/c1-11(20)13-9-14(17(23)10-16(13)22)15(21)6-4-12-5-7-18(24-2)19(8-12)25-3/h4-10,22-23H,1-3H3/b6-4+. The Balaban J connectivity index is 2.32. The predicted molar refractivity (Wildman–Crippen MR) is 92.7 cm³/mol. The molecule has 6 heteroatoms. The van der Waals surface area contributed by atoms with Crippen LogP contribution in [0.2, 0.25) is 0 Å². The first-order chi connectivity index (χ1) is 11.9. The van der Waals surface area contributed by atoms with Crippen LogP contribution in [0.4, 0.5) is 0 Å². The fourth-order valence-electron chi connectivity index (χ4n) is 2.27. The second-order valence-electron chi connectivity index (χ2n) is 5.25. The number of hydrogen-bond donors (Lipinski definition) is 2.